The van der Waals surface area contributed by atoms with Crippen LogP contribution in [0, 0.1) is 11.3 Å². The molecule has 32 heavy (non-hydrogen) atoms. The van der Waals surface area contributed by atoms with Crippen molar-refractivity contribution in [1.82, 2.24) is 9.97 Å². The predicted molar refractivity (Wildman–Crippen MR) is 122 cm³/mol. The highest BCUT2D eigenvalue weighted by Crippen LogP contribution is 2.30. The molecule has 1 saturated heterocycles. The fraction of sp³-hybridized carbons (Fsp3) is 0.250. The van der Waals surface area contributed by atoms with Crippen molar-refractivity contribution in [2.75, 3.05) is 18.1 Å². The van der Waals surface area contributed by atoms with E-state index in [-0.39, 0.29) is 24.2 Å². The Bertz CT molecular complexity index is 1070. The molecule has 4 N–H and O–H groups in total. The summed E-state index contributed by atoms with van der Waals surface area (Å²) in [4.78, 5) is 21.9. The summed E-state index contributed by atoms with van der Waals surface area (Å²) in [7, 11) is 0. The van der Waals surface area contributed by atoms with Gasteiger partial charge in [0.1, 0.15) is 18.2 Å². The van der Waals surface area contributed by atoms with Crippen LogP contribution in [0.15, 0.2) is 67.0 Å². The summed E-state index contributed by atoms with van der Waals surface area (Å²) in [6.45, 7) is 1.01. The molecule has 2 atom stereocenters. The first-order chi connectivity index (χ1) is 15.5. The van der Waals surface area contributed by atoms with Gasteiger partial charge < -0.3 is 20.5 Å². The van der Waals surface area contributed by atoms with Gasteiger partial charge in [0.15, 0.2) is 0 Å². The van der Waals surface area contributed by atoms with Crippen molar-refractivity contribution in [2.24, 2.45) is 11.7 Å². The molecule has 4 rings (SSSR count). The Kier molecular flexibility index (Phi) is 6.30. The molecule has 3 aromatic rings. The molecule has 0 amide bonds. The molecular weight excluding hydrogens is 406 g/mol. The Hall–Kier alpha value is -3.94. The molecule has 8 heteroatoms. The molecular formula is C24H25N5O3. The second kappa shape index (κ2) is 9.47. The molecule has 0 saturated carbocycles. The van der Waals surface area contributed by atoms with Gasteiger partial charge in [0.05, 0.1) is 6.04 Å². The maximum atomic E-state index is 11.2. The lowest BCUT2D eigenvalue weighted by Gasteiger charge is -2.24. The van der Waals surface area contributed by atoms with Gasteiger partial charge in [0, 0.05) is 30.9 Å². The molecule has 0 spiro atoms. The average molecular weight is 431 g/mol. The van der Waals surface area contributed by atoms with Gasteiger partial charge in [-0.25, -0.2) is 9.97 Å². The van der Waals surface area contributed by atoms with E-state index in [1.807, 2.05) is 53.4 Å². The van der Waals surface area contributed by atoms with Crippen molar-refractivity contribution >= 4 is 17.8 Å². The number of hydrogen-bond acceptors (Lipinski definition) is 6. The number of nitrogens with one attached hydrogen (secondary N) is 1. The summed E-state index contributed by atoms with van der Waals surface area (Å²) < 4.78 is 6.05. The van der Waals surface area contributed by atoms with Crippen LogP contribution in [0.4, 0.5) is 5.95 Å². The monoisotopic (exact) mass is 431 g/mol. The zero-order valence-corrected chi connectivity index (χ0v) is 17.5. The van der Waals surface area contributed by atoms with Crippen LogP contribution < -0.4 is 15.4 Å². The van der Waals surface area contributed by atoms with Crippen molar-refractivity contribution in [2.45, 2.75) is 18.9 Å². The smallest absolute Gasteiger partial charge is 0.303 e. The SMILES string of the molecule is N=C(N)c1ccc(-c2ccc(OC[C@@H]3C[C@@H](CC(=O)O)CN3c3ncccn3)cc2)cc1. The number of rotatable bonds is 8. The van der Waals surface area contributed by atoms with Crippen molar-refractivity contribution in [1.29, 1.82) is 5.41 Å². The Morgan fingerprint density at radius 1 is 1.09 bits per heavy atom. The van der Waals surface area contributed by atoms with Crippen LogP contribution in [-0.4, -0.2) is 46.1 Å². The van der Waals surface area contributed by atoms with Gasteiger partial charge in [-0.1, -0.05) is 36.4 Å². The van der Waals surface area contributed by atoms with E-state index in [0.29, 0.717) is 31.1 Å². The quantitative estimate of drug-likeness (QED) is 0.369. The maximum Gasteiger partial charge on any atom is 0.303 e. The van der Waals surface area contributed by atoms with Crippen LogP contribution in [0.25, 0.3) is 11.1 Å². The average Bonchev–Trinajstić information content (AvgIpc) is 3.20. The zero-order chi connectivity index (χ0) is 22.5. The molecule has 0 radical (unpaired) electrons. The van der Waals surface area contributed by atoms with Gasteiger partial charge in [-0.2, -0.15) is 0 Å². The fourth-order valence-corrected chi connectivity index (χ4v) is 4.03. The molecule has 0 aliphatic carbocycles. The first kappa shape index (κ1) is 21.3. The van der Waals surface area contributed by atoms with E-state index in [1.54, 1.807) is 18.5 Å². The van der Waals surface area contributed by atoms with Crippen molar-refractivity contribution in [3.05, 3.63) is 72.6 Å². The van der Waals surface area contributed by atoms with Gasteiger partial charge in [0.2, 0.25) is 5.95 Å². The Labute approximate surface area is 186 Å². The molecule has 164 valence electrons. The normalized spacial score (nSPS) is 17.8. The first-order valence-corrected chi connectivity index (χ1v) is 10.4. The molecule has 1 aliphatic rings. The van der Waals surface area contributed by atoms with Crippen molar-refractivity contribution in [3.63, 3.8) is 0 Å². The summed E-state index contributed by atoms with van der Waals surface area (Å²) in [5, 5.41) is 16.7. The van der Waals surface area contributed by atoms with Gasteiger partial charge in [-0.15, -0.1) is 0 Å². The number of nitrogens with zero attached hydrogens (tertiary/aromatic N) is 3. The number of carbonyl (C=O) groups is 1. The van der Waals surface area contributed by atoms with Crippen molar-refractivity contribution < 1.29 is 14.6 Å². The lowest BCUT2D eigenvalue weighted by molar-refractivity contribution is -0.137. The van der Waals surface area contributed by atoms with E-state index in [9.17, 15) is 9.90 Å². The number of aromatic nitrogens is 2. The minimum atomic E-state index is -0.794. The summed E-state index contributed by atoms with van der Waals surface area (Å²) in [6, 6.07) is 17.1. The van der Waals surface area contributed by atoms with E-state index in [2.05, 4.69) is 9.97 Å². The number of anilines is 1. The van der Waals surface area contributed by atoms with Crippen molar-refractivity contribution in [3.8, 4) is 16.9 Å². The van der Waals surface area contributed by atoms with E-state index < -0.39 is 5.97 Å². The van der Waals surface area contributed by atoms with Gasteiger partial charge in [0.25, 0.3) is 0 Å². The summed E-state index contributed by atoms with van der Waals surface area (Å²) in [6.07, 6.45) is 4.21. The van der Waals surface area contributed by atoms with Crippen LogP contribution in [0.1, 0.15) is 18.4 Å². The number of aliphatic carboxylic acids is 1. The van der Waals surface area contributed by atoms with Gasteiger partial charge in [-0.05, 0) is 41.7 Å². The van der Waals surface area contributed by atoms with E-state index in [1.165, 1.54) is 0 Å². The van der Waals surface area contributed by atoms with Gasteiger partial charge in [-0.3, -0.25) is 10.2 Å². The largest absolute Gasteiger partial charge is 0.491 e. The highest BCUT2D eigenvalue weighted by molar-refractivity contribution is 5.95. The summed E-state index contributed by atoms with van der Waals surface area (Å²) >= 11 is 0. The number of hydrogen-bond donors (Lipinski definition) is 3. The number of carboxylic acid groups (broad SMARTS) is 1. The number of amidine groups is 1. The molecule has 2 heterocycles. The molecule has 8 nitrogen and oxygen atoms in total. The van der Waals surface area contributed by atoms with E-state index in [0.717, 1.165) is 16.9 Å². The van der Waals surface area contributed by atoms with Crippen LogP contribution in [0.3, 0.4) is 0 Å². The fourth-order valence-electron chi connectivity index (χ4n) is 4.03. The van der Waals surface area contributed by atoms with Crippen LogP contribution in [-0.2, 0) is 4.79 Å². The summed E-state index contributed by atoms with van der Waals surface area (Å²) in [5.74, 6) is 0.624. The van der Waals surface area contributed by atoms with Crippen LogP contribution in [0.5, 0.6) is 5.75 Å². The summed E-state index contributed by atoms with van der Waals surface area (Å²) in [5.41, 5.74) is 8.27. The number of benzene rings is 2. The zero-order valence-electron chi connectivity index (χ0n) is 17.5. The van der Waals surface area contributed by atoms with E-state index in [4.69, 9.17) is 15.9 Å². The Morgan fingerprint density at radius 3 is 2.31 bits per heavy atom. The van der Waals surface area contributed by atoms with Gasteiger partial charge >= 0.3 is 5.97 Å². The highest BCUT2D eigenvalue weighted by Gasteiger charge is 2.35. The lowest BCUT2D eigenvalue weighted by Crippen LogP contribution is -2.35. The Balaban J connectivity index is 1.42. The van der Waals surface area contributed by atoms with Crippen LogP contribution >= 0.6 is 0 Å². The first-order valence-electron chi connectivity index (χ1n) is 10.4. The minimum absolute atomic E-state index is 0.000511. The standard InChI is InChI=1S/C24H25N5O3/c25-23(26)19-4-2-17(3-5-19)18-6-8-21(9-7-18)32-15-20-12-16(13-22(30)31)14-29(20)24-27-10-1-11-28-24/h1-11,16,20H,12-15H2,(H3,25,26)(H,30,31)/t16-,20-/m0/s1. The van der Waals surface area contributed by atoms with E-state index >= 15 is 0 Å². The maximum absolute atomic E-state index is 11.2. The predicted octanol–water partition coefficient (Wildman–Crippen LogP) is 3.18. The molecule has 1 aliphatic heterocycles. The molecule has 1 aromatic heterocycles. The topological polar surface area (TPSA) is 125 Å². The number of ether oxygens (including phenoxy) is 1. The lowest BCUT2D eigenvalue weighted by atomic mass is 10.0. The minimum Gasteiger partial charge on any atom is -0.491 e. The molecule has 0 unspecified atom stereocenters. The second-order valence-corrected chi connectivity index (χ2v) is 7.88. The number of nitrogen functional groups attached to an aromatic ring is 1. The third-order valence-electron chi connectivity index (χ3n) is 5.60. The number of carboxylic acids is 1. The molecule has 0 bridgehead atoms. The third-order valence-corrected chi connectivity index (χ3v) is 5.60. The Morgan fingerprint density at radius 2 is 1.72 bits per heavy atom. The number of nitrogens with two attached hydrogens (primary N) is 1. The second-order valence-electron chi connectivity index (χ2n) is 7.88. The third kappa shape index (κ3) is 5.03. The van der Waals surface area contributed by atoms with Crippen LogP contribution in [0.2, 0.25) is 0 Å². The molecule has 1 fully saturated rings. The highest BCUT2D eigenvalue weighted by atomic mass is 16.5. The molecule has 2 aromatic carbocycles.